The van der Waals surface area contributed by atoms with Crippen LogP contribution < -0.4 is 4.90 Å². The molecule has 1 fully saturated rings. The van der Waals surface area contributed by atoms with Gasteiger partial charge in [0.2, 0.25) is 0 Å². The lowest BCUT2D eigenvalue weighted by Gasteiger charge is -2.35. The van der Waals surface area contributed by atoms with Crippen LogP contribution in [-0.2, 0) is 4.79 Å². The van der Waals surface area contributed by atoms with Gasteiger partial charge in [0.15, 0.2) is 0 Å². The number of alkyl halides is 3. The molecule has 0 radical (unpaired) electrons. The zero-order chi connectivity index (χ0) is 16.3. The molecule has 0 atom stereocenters. The lowest BCUT2D eigenvalue weighted by Crippen LogP contribution is -2.48. The number of para-hydroxylation sites is 1. The number of nitrogens with zero attached hydrogens (tertiary/aromatic N) is 1. The molecule has 1 amide bonds. The normalized spacial score (nSPS) is 16.3. The number of hydrogen-bond donors (Lipinski definition) is 1. The van der Waals surface area contributed by atoms with Gasteiger partial charge in [0, 0.05) is 6.04 Å². The number of rotatable bonds is 3. The Hall–Kier alpha value is -2.05. The zero-order valence-corrected chi connectivity index (χ0v) is 11.8. The molecule has 22 heavy (non-hydrogen) atoms. The highest BCUT2D eigenvalue weighted by Gasteiger charge is 2.46. The van der Waals surface area contributed by atoms with Gasteiger partial charge in [0.05, 0.1) is 11.3 Å². The van der Waals surface area contributed by atoms with Crippen molar-refractivity contribution in [1.29, 1.82) is 0 Å². The molecule has 0 saturated heterocycles. The van der Waals surface area contributed by atoms with E-state index in [1.807, 2.05) is 0 Å². The fourth-order valence-corrected chi connectivity index (χ4v) is 2.81. The predicted octanol–water partition coefficient (Wildman–Crippen LogP) is 3.61. The van der Waals surface area contributed by atoms with Crippen LogP contribution in [0.5, 0.6) is 0 Å². The summed E-state index contributed by atoms with van der Waals surface area (Å²) in [4.78, 5) is 23.7. The molecule has 1 aromatic rings. The number of carboxylic acids is 1. The van der Waals surface area contributed by atoms with E-state index in [1.54, 1.807) is 0 Å². The van der Waals surface area contributed by atoms with E-state index in [9.17, 15) is 27.9 Å². The first kappa shape index (κ1) is 16.3. The molecule has 7 heteroatoms. The highest BCUT2D eigenvalue weighted by Crippen LogP contribution is 2.33. The smallest absolute Gasteiger partial charge is 0.471 e. The van der Waals surface area contributed by atoms with E-state index in [-0.39, 0.29) is 11.3 Å². The number of amides is 1. The number of carbonyl (C=O) groups excluding carboxylic acids is 1. The largest absolute Gasteiger partial charge is 0.478 e. The molecular weight excluding hydrogens is 299 g/mol. The Bertz CT molecular complexity index is 565. The summed E-state index contributed by atoms with van der Waals surface area (Å²) in [6.07, 6.45) is -1.80. The van der Waals surface area contributed by atoms with Gasteiger partial charge in [-0.1, -0.05) is 31.4 Å². The molecule has 4 nitrogen and oxygen atoms in total. The van der Waals surface area contributed by atoms with Crippen molar-refractivity contribution in [3.8, 4) is 0 Å². The molecule has 1 aliphatic rings. The van der Waals surface area contributed by atoms with Gasteiger partial charge in [-0.15, -0.1) is 0 Å². The SMILES string of the molecule is O=C(O)c1ccccc1N(C(=O)C(F)(F)F)C1CCCCC1. The Morgan fingerprint density at radius 2 is 1.68 bits per heavy atom. The number of aromatic carboxylic acids is 1. The molecule has 1 saturated carbocycles. The number of halogens is 3. The van der Waals surface area contributed by atoms with E-state index in [0.29, 0.717) is 17.7 Å². The molecule has 1 aromatic carbocycles. The number of benzene rings is 1. The van der Waals surface area contributed by atoms with Gasteiger partial charge in [0.25, 0.3) is 0 Å². The highest BCUT2D eigenvalue weighted by atomic mass is 19.4. The predicted molar refractivity (Wildman–Crippen MR) is 73.8 cm³/mol. The first-order valence-corrected chi connectivity index (χ1v) is 7.05. The van der Waals surface area contributed by atoms with Gasteiger partial charge in [0.1, 0.15) is 0 Å². The second-order valence-corrected chi connectivity index (χ2v) is 5.29. The summed E-state index contributed by atoms with van der Waals surface area (Å²) < 4.78 is 38.8. The molecule has 1 N–H and O–H groups in total. The van der Waals surface area contributed by atoms with Gasteiger partial charge < -0.3 is 10.0 Å². The Morgan fingerprint density at radius 3 is 2.23 bits per heavy atom. The van der Waals surface area contributed by atoms with Gasteiger partial charge in [-0.25, -0.2) is 4.79 Å². The first-order chi connectivity index (χ1) is 10.3. The Balaban J connectivity index is 2.48. The van der Waals surface area contributed by atoms with Crippen LogP contribution in [0.15, 0.2) is 24.3 Å². The maximum absolute atomic E-state index is 12.9. The van der Waals surface area contributed by atoms with Crippen LogP contribution in [0.3, 0.4) is 0 Å². The third-order valence-electron chi connectivity index (χ3n) is 3.80. The molecular formula is C15H16F3NO3. The standard InChI is InChI=1S/C15H16F3NO3/c16-15(17,18)14(22)19(10-6-2-1-3-7-10)12-9-5-4-8-11(12)13(20)21/h4-5,8-10H,1-3,6-7H2,(H,20,21). The first-order valence-electron chi connectivity index (χ1n) is 7.05. The Morgan fingerprint density at radius 1 is 1.09 bits per heavy atom. The quantitative estimate of drug-likeness (QED) is 0.927. The van der Waals surface area contributed by atoms with Crippen molar-refractivity contribution >= 4 is 17.6 Å². The van der Waals surface area contributed by atoms with Crippen molar-refractivity contribution in [2.24, 2.45) is 0 Å². The summed E-state index contributed by atoms with van der Waals surface area (Å²) in [5.41, 5.74) is -0.491. The van der Waals surface area contributed by atoms with Crippen LogP contribution in [0.4, 0.5) is 18.9 Å². The zero-order valence-electron chi connectivity index (χ0n) is 11.8. The van der Waals surface area contributed by atoms with Crippen LogP contribution in [0, 0.1) is 0 Å². The van der Waals surface area contributed by atoms with Crippen molar-refractivity contribution in [2.45, 2.75) is 44.3 Å². The van der Waals surface area contributed by atoms with Crippen molar-refractivity contribution in [3.63, 3.8) is 0 Å². The summed E-state index contributed by atoms with van der Waals surface area (Å²) in [6.45, 7) is 0. The van der Waals surface area contributed by atoms with E-state index >= 15 is 0 Å². The van der Waals surface area contributed by atoms with E-state index in [4.69, 9.17) is 0 Å². The summed E-state index contributed by atoms with van der Waals surface area (Å²) in [6, 6.07) is 4.69. The van der Waals surface area contributed by atoms with Gasteiger partial charge in [-0.05, 0) is 25.0 Å². The molecule has 0 spiro atoms. The van der Waals surface area contributed by atoms with Gasteiger partial charge in [-0.3, -0.25) is 4.79 Å². The van der Waals surface area contributed by atoms with Crippen LogP contribution >= 0.6 is 0 Å². The lowest BCUT2D eigenvalue weighted by molar-refractivity contribution is -0.171. The number of hydrogen-bond acceptors (Lipinski definition) is 2. The highest BCUT2D eigenvalue weighted by molar-refractivity contribution is 6.04. The molecule has 0 aromatic heterocycles. The summed E-state index contributed by atoms with van der Waals surface area (Å²) >= 11 is 0. The fraction of sp³-hybridized carbons (Fsp3) is 0.467. The van der Waals surface area contributed by atoms with E-state index in [2.05, 4.69) is 0 Å². The van der Waals surface area contributed by atoms with E-state index < -0.39 is 24.1 Å². The average Bonchev–Trinajstić information content (AvgIpc) is 2.48. The van der Waals surface area contributed by atoms with E-state index in [0.717, 1.165) is 19.3 Å². The van der Waals surface area contributed by atoms with Crippen LogP contribution in [0.2, 0.25) is 0 Å². The maximum Gasteiger partial charge on any atom is 0.471 e. The van der Waals surface area contributed by atoms with Gasteiger partial charge in [-0.2, -0.15) is 13.2 Å². The molecule has 0 bridgehead atoms. The third-order valence-corrected chi connectivity index (χ3v) is 3.80. The van der Waals surface area contributed by atoms with Crippen LogP contribution in [0.1, 0.15) is 42.5 Å². The molecule has 0 aliphatic heterocycles. The minimum absolute atomic E-state index is 0.191. The van der Waals surface area contributed by atoms with Crippen molar-refractivity contribution in [1.82, 2.24) is 0 Å². The molecule has 0 unspecified atom stereocenters. The number of anilines is 1. The molecule has 120 valence electrons. The molecule has 2 rings (SSSR count). The summed E-state index contributed by atoms with van der Waals surface area (Å²) in [5, 5.41) is 9.18. The Kier molecular flexibility index (Phi) is 4.73. The monoisotopic (exact) mass is 315 g/mol. The third kappa shape index (κ3) is 3.40. The lowest BCUT2D eigenvalue weighted by atomic mass is 9.93. The fourth-order valence-electron chi connectivity index (χ4n) is 2.81. The maximum atomic E-state index is 12.9. The van der Waals surface area contributed by atoms with Crippen LogP contribution in [-0.4, -0.2) is 29.2 Å². The number of carbonyl (C=O) groups is 2. The minimum atomic E-state index is -5.04. The topological polar surface area (TPSA) is 57.6 Å². The van der Waals surface area contributed by atoms with Gasteiger partial charge >= 0.3 is 18.1 Å². The van der Waals surface area contributed by atoms with Crippen molar-refractivity contribution in [2.75, 3.05) is 4.90 Å². The molecule has 0 heterocycles. The average molecular weight is 315 g/mol. The molecule has 1 aliphatic carbocycles. The second-order valence-electron chi connectivity index (χ2n) is 5.29. The summed E-state index contributed by atoms with van der Waals surface area (Å²) in [7, 11) is 0. The minimum Gasteiger partial charge on any atom is -0.478 e. The second kappa shape index (κ2) is 6.37. The van der Waals surface area contributed by atoms with Crippen molar-refractivity contribution < 1.29 is 27.9 Å². The van der Waals surface area contributed by atoms with Crippen molar-refractivity contribution in [3.05, 3.63) is 29.8 Å². The number of carboxylic acid groups (broad SMARTS) is 1. The Labute approximate surface area is 125 Å². The van der Waals surface area contributed by atoms with E-state index in [1.165, 1.54) is 24.3 Å². The van der Waals surface area contributed by atoms with Crippen LogP contribution in [0.25, 0.3) is 0 Å². The summed E-state index contributed by atoms with van der Waals surface area (Å²) in [5.74, 6) is -3.36.